The number of halogens is 2. The molecule has 4 aromatic rings. The molecule has 0 aliphatic heterocycles. The maximum Gasteiger partial charge on any atom is 0.163 e. The van der Waals surface area contributed by atoms with Crippen LogP contribution >= 0.6 is 23.2 Å². The van der Waals surface area contributed by atoms with Gasteiger partial charge < -0.3 is 0 Å². The molecule has 0 aliphatic rings. The molecule has 0 radical (unpaired) electrons. The number of hydrogen-bond donors (Lipinski definition) is 0. The Kier molecular flexibility index (Phi) is 3.75. The molecule has 4 rings (SSSR count). The molecule has 0 fully saturated rings. The van der Waals surface area contributed by atoms with Crippen molar-refractivity contribution in [1.82, 2.24) is 14.6 Å². The summed E-state index contributed by atoms with van der Waals surface area (Å²) < 4.78 is 1.88. The van der Waals surface area contributed by atoms with Gasteiger partial charge in [0.1, 0.15) is 0 Å². The van der Waals surface area contributed by atoms with Crippen LogP contribution in [0.4, 0.5) is 0 Å². The van der Waals surface area contributed by atoms with Gasteiger partial charge in [-0.25, -0.2) is 9.50 Å². The minimum Gasteiger partial charge on any atom is -0.236 e. The van der Waals surface area contributed by atoms with E-state index in [9.17, 15) is 0 Å². The zero-order valence-corrected chi connectivity index (χ0v) is 14.4. The number of nitrogens with zero attached hydrogens (tertiary/aromatic N) is 3. The van der Waals surface area contributed by atoms with Crippen LogP contribution in [0.2, 0.25) is 10.0 Å². The number of aryl methyl sites for hydroxylation is 1. The zero-order chi connectivity index (χ0) is 16.7. The lowest BCUT2D eigenvalue weighted by atomic mass is 10.1. The van der Waals surface area contributed by atoms with Crippen LogP contribution in [0, 0.1) is 6.92 Å². The van der Waals surface area contributed by atoms with Gasteiger partial charge in [-0.15, -0.1) is 0 Å². The van der Waals surface area contributed by atoms with Crippen LogP contribution in [0.1, 0.15) is 5.69 Å². The molecule has 2 heterocycles. The smallest absolute Gasteiger partial charge is 0.163 e. The minimum absolute atomic E-state index is 0.711. The zero-order valence-electron chi connectivity index (χ0n) is 12.9. The molecule has 0 bridgehead atoms. The maximum atomic E-state index is 6.00. The molecular formula is C19H13Cl2N3. The summed E-state index contributed by atoms with van der Waals surface area (Å²) in [6, 6.07) is 17.4. The second kappa shape index (κ2) is 5.93. The molecule has 2 aromatic carbocycles. The Balaban J connectivity index is 1.95. The first-order valence-corrected chi connectivity index (χ1v) is 8.25. The molecule has 24 heavy (non-hydrogen) atoms. The summed E-state index contributed by atoms with van der Waals surface area (Å²) in [6.45, 7) is 1.99. The highest BCUT2D eigenvalue weighted by Crippen LogP contribution is 2.31. The van der Waals surface area contributed by atoms with Gasteiger partial charge in [0.05, 0.1) is 11.4 Å². The normalized spacial score (nSPS) is 11.1. The average Bonchev–Trinajstić information content (AvgIpc) is 2.92. The third kappa shape index (κ3) is 2.56. The fourth-order valence-corrected chi connectivity index (χ4v) is 3.10. The molecule has 0 atom stereocenters. The Morgan fingerprint density at radius 3 is 2.00 bits per heavy atom. The van der Waals surface area contributed by atoms with E-state index >= 15 is 0 Å². The topological polar surface area (TPSA) is 30.2 Å². The molecule has 0 aliphatic carbocycles. The monoisotopic (exact) mass is 353 g/mol. The number of rotatable bonds is 2. The highest BCUT2D eigenvalue weighted by Gasteiger charge is 2.15. The molecule has 5 heteroatoms. The van der Waals surface area contributed by atoms with E-state index in [2.05, 4.69) is 4.98 Å². The van der Waals surface area contributed by atoms with E-state index in [0.29, 0.717) is 10.0 Å². The number of benzene rings is 2. The van der Waals surface area contributed by atoms with Gasteiger partial charge in [0, 0.05) is 27.4 Å². The van der Waals surface area contributed by atoms with E-state index in [1.54, 1.807) is 6.20 Å². The Morgan fingerprint density at radius 1 is 0.792 bits per heavy atom. The molecule has 0 N–H and O–H groups in total. The van der Waals surface area contributed by atoms with Crippen LogP contribution in [0.3, 0.4) is 0 Å². The van der Waals surface area contributed by atoms with Crippen molar-refractivity contribution >= 4 is 28.8 Å². The van der Waals surface area contributed by atoms with E-state index in [1.165, 1.54) is 0 Å². The number of hydrogen-bond acceptors (Lipinski definition) is 2. The lowest BCUT2D eigenvalue weighted by molar-refractivity contribution is 0.925. The van der Waals surface area contributed by atoms with Crippen molar-refractivity contribution in [3.63, 3.8) is 0 Å². The van der Waals surface area contributed by atoms with Crippen molar-refractivity contribution < 1.29 is 0 Å². The van der Waals surface area contributed by atoms with Gasteiger partial charge in [-0.05, 0) is 42.8 Å². The maximum absolute atomic E-state index is 6.00. The van der Waals surface area contributed by atoms with E-state index in [0.717, 1.165) is 33.7 Å². The Hall–Kier alpha value is -2.36. The molecule has 0 unspecified atom stereocenters. The van der Waals surface area contributed by atoms with Crippen molar-refractivity contribution in [2.75, 3.05) is 0 Å². The largest absolute Gasteiger partial charge is 0.236 e. The third-order valence-corrected chi connectivity index (χ3v) is 4.47. The quantitative estimate of drug-likeness (QED) is 0.464. The van der Waals surface area contributed by atoms with Gasteiger partial charge >= 0.3 is 0 Å². The molecule has 0 spiro atoms. The molecular weight excluding hydrogens is 341 g/mol. The minimum atomic E-state index is 0.711. The van der Waals surface area contributed by atoms with Gasteiger partial charge in [-0.1, -0.05) is 47.5 Å². The first-order valence-electron chi connectivity index (χ1n) is 7.50. The summed E-state index contributed by atoms with van der Waals surface area (Å²) in [7, 11) is 0. The standard InChI is InChI=1S/C19H13Cl2N3/c1-12-18(14-4-8-16(21)9-5-14)19-22-11-10-17(24(19)23-12)13-2-6-15(20)7-3-13/h2-11H,1H3. The van der Waals surface area contributed by atoms with Crippen molar-refractivity contribution in [1.29, 1.82) is 0 Å². The van der Waals surface area contributed by atoms with Crippen LogP contribution in [-0.4, -0.2) is 14.6 Å². The van der Waals surface area contributed by atoms with Crippen molar-refractivity contribution in [3.8, 4) is 22.4 Å². The Morgan fingerprint density at radius 2 is 1.38 bits per heavy atom. The van der Waals surface area contributed by atoms with Gasteiger partial charge in [-0.3, -0.25) is 0 Å². The number of aromatic nitrogens is 3. The molecule has 0 saturated carbocycles. The molecule has 3 nitrogen and oxygen atoms in total. The predicted octanol–water partition coefficient (Wildman–Crippen LogP) is 5.68. The second-order valence-corrected chi connectivity index (χ2v) is 6.41. The van der Waals surface area contributed by atoms with Crippen molar-refractivity contribution in [3.05, 3.63) is 76.5 Å². The van der Waals surface area contributed by atoms with Crippen LogP contribution in [0.25, 0.3) is 28.0 Å². The second-order valence-electron chi connectivity index (χ2n) is 5.54. The highest BCUT2D eigenvalue weighted by molar-refractivity contribution is 6.30. The summed E-state index contributed by atoms with van der Waals surface area (Å²) in [5.74, 6) is 0. The Bertz CT molecular complexity index is 1020. The highest BCUT2D eigenvalue weighted by atomic mass is 35.5. The molecule has 2 aromatic heterocycles. The van der Waals surface area contributed by atoms with Crippen LogP contribution < -0.4 is 0 Å². The SMILES string of the molecule is Cc1nn2c(-c3ccc(Cl)cc3)ccnc2c1-c1ccc(Cl)cc1. The first kappa shape index (κ1) is 15.2. The van der Waals surface area contributed by atoms with Crippen LogP contribution in [0.15, 0.2) is 60.8 Å². The predicted molar refractivity (Wildman–Crippen MR) is 98.6 cm³/mol. The van der Waals surface area contributed by atoms with Gasteiger partial charge in [0.25, 0.3) is 0 Å². The van der Waals surface area contributed by atoms with Gasteiger partial charge in [0.2, 0.25) is 0 Å². The Labute approximate surface area is 149 Å². The van der Waals surface area contributed by atoms with Crippen LogP contribution in [-0.2, 0) is 0 Å². The van der Waals surface area contributed by atoms with Crippen molar-refractivity contribution in [2.45, 2.75) is 6.92 Å². The summed E-state index contributed by atoms with van der Waals surface area (Å²) in [4.78, 5) is 4.55. The third-order valence-electron chi connectivity index (χ3n) is 3.97. The lowest BCUT2D eigenvalue weighted by Crippen LogP contribution is -1.95. The fourth-order valence-electron chi connectivity index (χ4n) is 2.85. The summed E-state index contributed by atoms with van der Waals surface area (Å²) >= 11 is 12.0. The summed E-state index contributed by atoms with van der Waals surface area (Å²) in [5.41, 5.74) is 5.82. The van der Waals surface area contributed by atoms with E-state index in [1.807, 2.05) is 66.0 Å². The fraction of sp³-hybridized carbons (Fsp3) is 0.0526. The van der Waals surface area contributed by atoms with Crippen molar-refractivity contribution in [2.24, 2.45) is 0 Å². The summed E-state index contributed by atoms with van der Waals surface area (Å²) in [6.07, 6.45) is 1.81. The first-order chi connectivity index (χ1) is 11.6. The number of fused-ring (bicyclic) bond motifs is 1. The van der Waals surface area contributed by atoms with Crippen LogP contribution in [0.5, 0.6) is 0 Å². The van der Waals surface area contributed by atoms with Gasteiger partial charge in [0.15, 0.2) is 5.65 Å². The molecule has 0 saturated heterocycles. The van der Waals surface area contributed by atoms with Gasteiger partial charge in [-0.2, -0.15) is 5.10 Å². The lowest BCUT2D eigenvalue weighted by Gasteiger charge is -2.05. The van der Waals surface area contributed by atoms with E-state index in [4.69, 9.17) is 28.3 Å². The average molecular weight is 354 g/mol. The molecule has 118 valence electrons. The van der Waals surface area contributed by atoms with E-state index in [-0.39, 0.29) is 0 Å². The van der Waals surface area contributed by atoms with E-state index < -0.39 is 0 Å². The summed E-state index contributed by atoms with van der Waals surface area (Å²) in [5, 5.41) is 6.12. The molecule has 0 amide bonds.